The topological polar surface area (TPSA) is 49.8 Å². The first kappa shape index (κ1) is 19.7. The molecule has 1 heterocycles. The molecule has 1 N–H and O–H groups in total. The summed E-state index contributed by atoms with van der Waals surface area (Å²) in [6, 6.07) is 0. The number of hydrogen-bond acceptors (Lipinski definition) is 2. The van der Waals surface area contributed by atoms with Gasteiger partial charge in [0.1, 0.15) is 0 Å². The second kappa shape index (κ2) is 13.1. The first-order chi connectivity index (χ1) is 11.2. The molecule has 0 bridgehead atoms. The van der Waals surface area contributed by atoms with Gasteiger partial charge in [-0.15, -0.1) is 0 Å². The number of unbranched alkanes of at least 4 members (excludes halogenated alkanes) is 6. The third-order valence-electron chi connectivity index (χ3n) is 4.10. The SMILES string of the molecule is CCCCCC1OC1CCCCCCC=CC=CC=CC(=O)O. The Morgan fingerprint density at radius 1 is 0.913 bits per heavy atom. The molecule has 0 aromatic rings. The van der Waals surface area contributed by atoms with Crippen molar-refractivity contribution in [2.45, 2.75) is 83.3 Å². The summed E-state index contributed by atoms with van der Waals surface area (Å²) in [6.45, 7) is 2.24. The van der Waals surface area contributed by atoms with Crippen molar-refractivity contribution in [1.82, 2.24) is 0 Å². The van der Waals surface area contributed by atoms with Crippen LogP contribution in [0.3, 0.4) is 0 Å². The fourth-order valence-corrected chi connectivity index (χ4v) is 2.68. The first-order valence-corrected chi connectivity index (χ1v) is 9.12. The van der Waals surface area contributed by atoms with Gasteiger partial charge in [0, 0.05) is 6.08 Å². The molecule has 23 heavy (non-hydrogen) atoms. The molecular formula is C20H32O3. The Labute approximate surface area is 141 Å². The van der Waals surface area contributed by atoms with Gasteiger partial charge in [0.25, 0.3) is 0 Å². The molecule has 1 aliphatic heterocycles. The standard InChI is InChI=1S/C20H32O3/c1-2-3-12-15-18-19(23-18)16-13-10-8-6-4-5-7-9-11-14-17-20(21)22/h5,7,9,11,14,17-19H,2-4,6,8,10,12-13,15-16H2,1H3,(H,21,22). The predicted molar refractivity (Wildman–Crippen MR) is 95.6 cm³/mol. The molecule has 130 valence electrons. The van der Waals surface area contributed by atoms with E-state index in [4.69, 9.17) is 9.84 Å². The first-order valence-electron chi connectivity index (χ1n) is 9.12. The van der Waals surface area contributed by atoms with Crippen LogP contribution in [0.1, 0.15) is 71.1 Å². The van der Waals surface area contributed by atoms with E-state index in [1.54, 1.807) is 6.08 Å². The number of ether oxygens (including phenoxy) is 1. The van der Waals surface area contributed by atoms with E-state index in [-0.39, 0.29) is 0 Å². The van der Waals surface area contributed by atoms with Crippen LogP contribution in [0, 0.1) is 0 Å². The van der Waals surface area contributed by atoms with Crippen molar-refractivity contribution < 1.29 is 14.6 Å². The average molecular weight is 320 g/mol. The fraction of sp³-hybridized carbons (Fsp3) is 0.650. The summed E-state index contributed by atoms with van der Waals surface area (Å²) < 4.78 is 5.71. The Morgan fingerprint density at radius 3 is 2.26 bits per heavy atom. The third-order valence-corrected chi connectivity index (χ3v) is 4.10. The number of carbonyl (C=O) groups is 1. The number of rotatable bonds is 14. The van der Waals surface area contributed by atoms with E-state index in [2.05, 4.69) is 13.0 Å². The van der Waals surface area contributed by atoms with Crippen molar-refractivity contribution in [1.29, 1.82) is 0 Å². The lowest BCUT2D eigenvalue weighted by atomic mass is 10.1. The zero-order valence-corrected chi connectivity index (χ0v) is 14.5. The molecule has 2 atom stereocenters. The van der Waals surface area contributed by atoms with E-state index in [0.29, 0.717) is 12.2 Å². The summed E-state index contributed by atoms with van der Waals surface area (Å²) in [4.78, 5) is 10.2. The Hall–Kier alpha value is -1.35. The van der Waals surface area contributed by atoms with Crippen LogP contribution in [-0.4, -0.2) is 23.3 Å². The average Bonchev–Trinajstić information content (AvgIpc) is 3.27. The van der Waals surface area contributed by atoms with Gasteiger partial charge >= 0.3 is 5.97 Å². The van der Waals surface area contributed by atoms with Gasteiger partial charge in [-0.25, -0.2) is 4.79 Å². The zero-order valence-electron chi connectivity index (χ0n) is 14.5. The quantitative estimate of drug-likeness (QED) is 0.201. The molecular weight excluding hydrogens is 288 g/mol. The number of aliphatic carboxylic acids is 1. The molecule has 0 saturated carbocycles. The van der Waals surface area contributed by atoms with Crippen LogP contribution >= 0.6 is 0 Å². The lowest BCUT2D eigenvalue weighted by Crippen LogP contribution is -1.94. The van der Waals surface area contributed by atoms with Crippen molar-refractivity contribution in [2.75, 3.05) is 0 Å². The molecule has 1 fully saturated rings. The van der Waals surface area contributed by atoms with Crippen LogP contribution in [0.4, 0.5) is 0 Å². The van der Waals surface area contributed by atoms with E-state index in [1.807, 2.05) is 12.2 Å². The van der Waals surface area contributed by atoms with Crippen LogP contribution in [0.25, 0.3) is 0 Å². The molecule has 1 saturated heterocycles. The van der Waals surface area contributed by atoms with Gasteiger partial charge in [-0.05, 0) is 25.7 Å². The van der Waals surface area contributed by atoms with E-state index in [1.165, 1.54) is 63.9 Å². The monoisotopic (exact) mass is 320 g/mol. The summed E-state index contributed by atoms with van der Waals surface area (Å²) in [6.07, 6.45) is 24.1. The molecule has 0 amide bonds. The number of hydrogen-bond donors (Lipinski definition) is 1. The van der Waals surface area contributed by atoms with Crippen LogP contribution in [0.2, 0.25) is 0 Å². The summed E-state index contributed by atoms with van der Waals surface area (Å²) >= 11 is 0. The number of carboxylic acids is 1. The van der Waals surface area contributed by atoms with Gasteiger partial charge in [0.05, 0.1) is 12.2 Å². The van der Waals surface area contributed by atoms with Gasteiger partial charge in [-0.3, -0.25) is 0 Å². The van der Waals surface area contributed by atoms with Gasteiger partial charge in [0.2, 0.25) is 0 Å². The molecule has 3 nitrogen and oxygen atoms in total. The summed E-state index contributed by atoms with van der Waals surface area (Å²) in [5, 5.41) is 8.41. The maximum Gasteiger partial charge on any atom is 0.328 e. The second-order valence-corrected chi connectivity index (χ2v) is 6.21. The molecule has 0 aromatic carbocycles. The molecule has 1 rings (SSSR count). The molecule has 3 heteroatoms. The third kappa shape index (κ3) is 11.8. The molecule has 0 radical (unpaired) electrons. The highest BCUT2D eigenvalue weighted by atomic mass is 16.6. The number of allylic oxidation sites excluding steroid dienone is 5. The van der Waals surface area contributed by atoms with Crippen molar-refractivity contribution in [2.24, 2.45) is 0 Å². The number of carboxylic acid groups (broad SMARTS) is 1. The highest BCUT2D eigenvalue weighted by Crippen LogP contribution is 2.31. The Bertz CT molecular complexity index is 396. The Kier molecular flexibility index (Phi) is 11.2. The van der Waals surface area contributed by atoms with Gasteiger partial charge in [-0.1, -0.05) is 75.8 Å². The zero-order chi connectivity index (χ0) is 16.8. The van der Waals surface area contributed by atoms with Crippen LogP contribution in [0.5, 0.6) is 0 Å². The van der Waals surface area contributed by atoms with Crippen LogP contribution in [-0.2, 0) is 9.53 Å². The summed E-state index contributed by atoms with van der Waals surface area (Å²) in [7, 11) is 0. The molecule has 0 spiro atoms. The highest BCUT2D eigenvalue weighted by Gasteiger charge is 2.36. The van der Waals surface area contributed by atoms with E-state index < -0.39 is 5.97 Å². The van der Waals surface area contributed by atoms with Gasteiger partial charge in [0.15, 0.2) is 0 Å². The minimum atomic E-state index is -0.914. The van der Waals surface area contributed by atoms with Gasteiger partial charge in [-0.2, -0.15) is 0 Å². The lowest BCUT2D eigenvalue weighted by molar-refractivity contribution is -0.131. The minimum absolute atomic E-state index is 0.566. The van der Waals surface area contributed by atoms with Gasteiger partial charge < -0.3 is 9.84 Å². The predicted octanol–water partition coefficient (Wildman–Crippen LogP) is 5.43. The van der Waals surface area contributed by atoms with Crippen LogP contribution < -0.4 is 0 Å². The van der Waals surface area contributed by atoms with Crippen molar-refractivity contribution in [3.8, 4) is 0 Å². The molecule has 2 unspecified atom stereocenters. The normalized spacial score (nSPS) is 20.9. The van der Waals surface area contributed by atoms with E-state index in [0.717, 1.165) is 12.5 Å². The maximum atomic E-state index is 10.2. The van der Waals surface area contributed by atoms with Crippen molar-refractivity contribution in [3.05, 3.63) is 36.5 Å². The summed E-state index contributed by atoms with van der Waals surface area (Å²) in [5.74, 6) is -0.914. The highest BCUT2D eigenvalue weighted by molar-refractivity contribution is 5.80. The fourth-order valence-electron chi connectivity index (χ4n) is 2.68. The molecule has 0 aromatic heterocycles. The van der Waals surface area contributed by atoms with E-state index >= 15 is 0 Å². The largest absolute Gasteiger partial charge is 0.478 e. The van der Waals surface area contributed by atoms with Crippen LogP contribution in [0.15, 0.2) is 36.5 Å². The second-order valence-electron chi connectivity index (χ2n) is 6.21. The minimum Gasteiger partial charge on any atom is -0.478 e. The summed E-state index contributed by atoms with van der Waals surface area (Å²) in [5.41, 5.74) is 0. The van der Waals surface area contributed by atoms with Crippen molar-refractivity contribution >= 4 is 5.97 Å². The Balaban J connectivity index is 1.84. The molecule has 0 aliphatic carbocycles. The maximum absolute atomic E-state index is 10.2. The Morgan fingerprint density at radius 2 is 1.57 bits per heavy atom. The van der Waals surface area contributed by atoms with Crippen molar-refractivity contribution in [3.63, 3.8) is 0 Å². The smallest absolute Gasteiger partial charge is 0.328 e. The molecule has 1 aliphatic rings. The van der Waals surface area contributed by atoms with E-state index in [9.17, 15) is 4.79 Å². The lowest BCUT2D eigenvalue weighted by Gasteiger charge is -1.98. The number of epoxide rings is 1.